The molecule has 0 bridgehead atoms. The highest BCUT2D eigenvalue weighted by Crippen LogP contribution is 2.28. The Morgan fingerprint density at radius 1 is 1.27 bits per heavy atom. The highest BCUT2D eigenvalue weighted by molar-refractivity contribution is 7.99. The normalized spacial score (nSPS) is 19.1. The number of rotatable bonds is 7. The molecule has 1 amide bonds. The number of amides is 1. The van der Waals surface area contributed by atoms with Crippen LogP contribution in [0.5, 0.6) is 5.75 Å². The number of carbonyl (C=O) groups excluding carboxylic acids is 1. The summed E-state index contributed by atoms with van der Waals surface area (Å²) >= 11 is 1.54. The van der Waals surface area contributed by atoms with Crippen LogP contribution in [0.25, 0.3) is 0 Å². The van der Waals surface area contributed by atoms with Crippen LogP contribution in [0, 0.1) is 0 Å². The van der Waals surface area contributed by atoms with Gasteiger partial charge in [0.2, 0.25) is 5.91 Å². The molecule has 1 fully saturated rings. The molecule has 2 heterocycles. The summed E-state index contributed by atoms with van der Waals surface area (Å²) in [7, 11) is 0. The van der Waals surface area contributed by atoms with Gasteiger partial charge in [0.15, 0.2) is 0 Å². The molecular weight excluding hydrogens is 352 g/mol. The van der Waals surface area contributed by atoms with Crippen molar-refractivity contribution in [3.63, 3.8) is 0 Å². The lowest BCUT2D eigenvalue weighted by Crippen LogP contribution is -2.55. The van der Waals surface area contributed by atoms with Gasteiger partial charge >= 0.3 is 5.97 Å². The molecule has 2 aromatic rings. The van der Waals surface area contributed by atoms with E-state index in [-0.39, 0.29) is 12.3 Å². The monoisotopic (exact) mass is 372 g/mol. The maximum atomic E-state index is 12.3. The molecule has 3 rings (SSSR count). The third-order valence-corrected chi connectivity index (χ3v) is 5.39. The van der Waals surface area contributed by atoms with Gasteiger partial charge in [-0.05, 0) is 35.9 Å². The number of nitrogens with one attached hydrogen (secondary N) is 1. The summed E-state index contributed by atoms with van der Waals surface area (Å²) in [6.45, 7) is 0.392. The van der Waals surface area contributed by atoms with E-state index in [9.17, 15) is 14.7 Å². The van der Waals surface area contributed by atoms with Gasteiger partial charge in [-0.15, -0.1) is 0 Å². The predicted molar refractivity (Wildman–Crippen MR) is 99.2 cm³/mol. The average molecular weight is 372 g/mol. The minimum absolute atomic E-state index is 0.115. The third kappa shape index (κ3) is 4.54. The number of nitrogens with zero attached hydrogens (tertiary/aromatic N) is 1. The van der Waals surface area contributed by atoms with E-state index in [0.717, 1.165) is 16.9 Å². The summed E-state index contributed by atoms with van der Waals surface area (Å²) < 4.78 is 5.74. The van der Waals surface area contributed by atoms with Crippen LogP contribution in [0.15, 0.2) is 48.8 Å². The number of aromatic nitrogens is 1. The Kier molecular flexibility index (Phi) is 5.78. The quantitative estimate of drug-likeness (QED) is 0.775. The summed E-state index contributed by atoms with van der Waals surface area (Å²) in [5, 5.41) is 12.2. The fraction of sp³-hybridized carbons (Fsp3) is 0.316. The molecule has 1 saturated heterocycles. The Labute approximate surface area is 156 Å². The summed E-state index contributed by atoms with van der Waals surface area (Å²) in [5.74, 6) is 0.541. The second-order valence-electron chi connectivity index (χ2n) is 6.21. The van der Waals surface area contributed by atoms with Gasteiger partial charge in [-0.3, -0.25) is 9.78 Å². The van der Waals surface area contributed by atoms with E-state index in [0.29, 0.717) is 24.5 Å². The van der Waals surface area contributed by atoms with E-state index >= 15 is 0 Å². The van der Waals surface area contributed by atoms with Crippen LogP contribution in [-0.2, 0) is 22.6 Å². The van der Waals surface area contributed by atoms with Crippen molar-refractivity contribution in [1.29, 1.82) is 0 Å². The van der Waals surface area contributed by atoms with E-state index < -0.39 is 11.5 Å². The summed E-state index contributed by atoms with van der Waals surface area (Å²) in [6.07, 6.45) is 4.01. The maximum Gasteiger partial charge on any atom is 0.330 e. The fourth-order valence-electron chi connectivity index (χ4n) is 2.78. The molecule has 1 aliphatic rings. The molecule has 1 aromatic heterocycles. The second-order valence-corrected chi connectivity index (χ2v) is 7.32. The van der Waals surface area contributed by atoms with Crippen molar-refractivity contribution < 1.29 is 19.4 Å². The van der Waals surface area contributed by atoms with Crippen LogP contribution in [0.3, 0.4) is 0 Å². The van der Waals surface area contributed by atoms with Crippen molar-refractivity contribution in [3.8, 4) is 5.75 Å². The summed E-state index contributed by atoms with van der Waals surface area (Å²) in [4.78, 5) is 27.9. The number of hydrogen-bond acceptors (Lipinski definition) is 5. The first-order valence-electron chi connectivity index (χ1n) is 8.30. The molecule has 0 spiro atoms. The topological polar surface area (TPSA) is 88.5 Å². The lowest BCUT2D eigenvalue weighted by Gasteiger charge is -2.24. The largest absolute Gasteiger partial charge is 0.489 e. The zero-order valence-corrected chi connectivity index (χ0v) is 15.0. The first-order valence-corrected chi connectivity index (χ1v) is 9.46. The lowest BCUT2D eigenvalue weighted by atomic mass is 9.98. The first kappa shape index (κ1) is 18.3. The Balaban J connectivity index is 1.59. The zero-order valence-electron chi connectivity index (χ0n) is 14.2. The molecule has 1 unspecified atom stereocenters. The minimum Gasteiger partial charge on any atom is -0.489 e. The molecule has 136 valence electrons. The molecule has 1 atom stereocenters. The van der Waals surface area contributed by atoms with Gasteiger partial charge < -0.3 is 15.2 Å². The van der Waals surface area contributed by atoms with Crippen LogP contribution in [0.1, 0.15) is 17.5 Å². The van der Waals surface area contributed by atoms with Crippen molar-refractivity contribution >= 4 is 23.6 Å². The number of carbonyl (C=O) groups is 2. The number of aliphatic carboxylic acids is 1. The van der Waals surface area contributed by atoms with Gasteiger partial charge in [-0.2, -0.15) is 11.8 Å². The fourth-order valence-corrected chi connectivity index (χ4v) is 4.10. The van der Waals surface area contributed by atoms with Gasteiger partial charge in [-0.1, -0.05) is 18.2 Å². The van der Waals surface area contributed by atoms with E-state index in [4.69, 9.17) is 4.74 Å². The van der Waals surface area contributed by atoms with Gasteiger partial charge in [0.25, 0.3) is 0 Å². The van der Waals surface area contributed by atoms with Crippen LogP contribution in [0.4, 0.5) is 0 Å². The number of ether oxygens (including phenoxy) is 1. The standard InChI is InChI=1S/C19H20N2O4S/c22-17(21-19(18(23)24)6-8-26-13-19)10-14-3-1-5-16(9-14)25-12-15-4-2-7-20-11-15/h1-5,7,9,11H,6,8,10,12-13H2,(H,21,22)(H,23,24). The highest BCUT2D eigenvalue weighted by atomic mass is 32.2. The predicted octanol–water partition coefficient (Wildman–Crippen LogP) is 2.28. The number of carboxylic acid groups (broad SMARTS) is 1. The van der Waals surface area contributed by atoms with Crippen molar-refractivity contribution in [1.82, 2.24) is 10.3 Å². The van der Waals surface area contributed by atoms with Gasteiger partial charge in [0.1, 0.15) is 17.9 Å². The Hall–Kier alpha value is -2.54. The molecule has 2 N–H and O–H groups in total. The molecular formula is C19H20N2O4S. The zero-order chi connectivity index (χ0) is 18.4. The van der Waals surface area contributed by atoms with Crippen LogP contribution in [-0.4, -0.2) is 39.0 Å². The van der Waals surface area contributed by atoms with E-state index in [2.05, 4.69) is 10.3 Å². The molecule has 0 saturated carbocycles. The number of thioether (sulfide) groups is 1. The first-order chi connectivity index (χ1) is 12.6. The van der Waals surface area contributed by atoms with Crippen molar-refractivity contribution in [3.05, 3.63) is 59.9 Å². The second kappa shape index (κ2) is 8.23. The Morgan fingerprint density at radius 2 is 2.12 bits per heavy atom. The molecule has 7 heteroatoms. The van der Waals surface area contributed by atoms with Crippen LogP contribution < -0.4 is 10.1 Å². The van der Waals surface area contributed by atoms with E-state index in [1.807, 2.05) is 30.3 Å². The van der Waals surface area contributed by atoms with Gasteiger partial charge in [0.05, 0.1) is 6.42 Å². The van der Waals surface area contributed by atoms with Crippen molar-refractivity contribution in [2.45, 2.75) is 25.0 Å². The number of carboxylic acids is 1. The molecule has 6 nitrogen and oxygen atoms in total. The molecule has 1 aromatic carbocycles. The van der Waals surface area contributed by atoms with Crippen LogP contribution in [0.2, 0.25) is 0 Å². The molecule has 0 aliphatic carbocycles. The summed E-state index contributed by atoms with van der Waals surface area (Å²) in [6, 6.07) is 11.0. The van der Waals surface area contributed by atoms with Crippen molar-refractivity contribution in [2.24, 2.45) is 0 Å². The van der Waals surface area contributed by atoms with Gasteiger partial charge in [-0.25, -0.2) is 4.79 Å². The van der Waals surface area contributed by atoms with E-state index in [1.165, 1.54) is 0 Å². The Morgan fingerprint density at radius 3 is 2.81 bits per heavy atom. The number of hydrogen-bond donors (Lipinski definition) is 2. The average Bonchev–Trinajstić information content (AvgIpc) is 3.11. The summed E-state index contributed by atoms with van der Waals surface area (Å²) in [5.41, 5.74) is 0.589. The van der Waals surface area contributed by atoms with Crippen molar-refractivity contribution in [2.75, 3.05) is 11.5 Å². The molecule has 0 radical (unpaired) electrons. The lowest BCUT2D eigenvalue weighted by molar-refractivity contribution is -0.146. The third-order valence-electron chi connectivity index (χ3n) is 4.20. The van der Waals surface area contributed by atoms with Crippen LogP contribution >= 0.6 is 11.8 Å². The number of benzene rings is 1. The maximum absolute atomic E-state index is 12.3. The van der Waals surface area contributed by atoms with E-state index in [1.54, 1.807) is 30.2 Å². The smallest absolute Gasteiger partial charge is 0.330 e. The highest BCUT2D eigenvalue weighted by Gasteiger charge is 2.43. The minimum atomic E-state index is -1.14. The number of pyridine rings is 1. The Bertz CT molecular complexity index is 776. The van der Waals surface area contributed by atoms with Gasteiger partial charge in [0, 0.05) is 23.7 Å². The molecule has 26 heavy (non-hydrogen) atoms. The SMILES string of the molecule is O=C(Cc1cccc(OCc2cccnc2)c1)NC1(C(=O)O)CCSC1. The molecule has 1 aliphatic heterocycles.